The van der Waals surface area contributed by atoms with Crippen LogP contribution in [0.25, 0.3) is 5.57 Å². The van der Waals surface area contributed by atoms with Gasteiger partial charge >= 0.3 is 0 Å². The lowest BCUT2D eigenvalue weighted by molar-refractivity contribution is 0.884. The lowest BCUT2D eigenvalue weighted by Crippen LogP contribution is -1.88. The van der Waals surface area contributed by atoms with Crippen molar-refractivity contribution in [2.24, 2.45) is 0 Å². The summed E-state index contributed by atoms with van der Waals surface area (Å²) in [7, 11) is 0. The van der Waals surface area contributed by atoms with E-state index in [0.717, 1.165) is 17.9 Å². The Bertz CT molecular complexity index is 623. The van der Waals surface area contributed by atoms with Gasteiger partial charge in [0.15, 0.2) is 0 Å². The lowest BCUT2D eigenvalue weighted by atomic mass is 9.96. The molecule has 1 heteroatoms. The molecule has 1 aliphatic carbocycles. The van der Waals surface area contributed by atoms with E-state index in [9.17, 15) is 0 Å². The average Bonchev–Trinajstić information content (AvgIpc) is 2.80. The van der Waals surface area contributed by atoms with Crippen molar-refractivity contribution in [3.05, 3.63) is 75.8 Å². The van der Waals surface area contributed by atoms with Gasteiger partial charge in [0.25, 0.3) is 0 Å². The van der Waals surface area contributed by atoms with Crippen LogP contribution in [0, 0.1) is 0 Å². The highest BCUT2D eigenvalue weighted by atomic mass is 35.5. The van der Waals surface area contributed by atoms with Gasteiger partial charge in [-0.1, -0.05) is 73.0 Å². The van der Waals surface area contributed by atoms with Gasteiger partial charge in [0.1, 0.15) is 0 Å². The van der Waals surface area contributed by atoms with Gasteiger partial charge in [-0.05, 0) is 41.2 Å². The smallest absolute Gasteiger partial charge is 0.0447 e. The molecule has 0 saturated heterocycles. The summed E-state index contributed by atoms with van der Waals surface area (Å²) < 4.78 is 0. The monoisotopic (exact) mass is 268 g/mol. The van der Waals surface area contributed by atoms with Gasteiger partial charge in [-0.3, -0.25) is 0 Å². The number of hydrogen-bond donors (Lipinski definition) is 0. The minimum Gasteiger partial charge on any atom is -0.0840 e. The van der Waals surface area contributed by atoms with Crippen molar-refractivity contribution >= 4 is 17.2 Å². The van der Waals surface area contributed by atoms with Gasteiger partial charge in [0.05, 0.1) is 0 Å². The Morgan fingerprint density at radius 2 is 1.79 bits per heavy atom. The van der Waals surface area contributed by atoms with Crippen LogP contribution in [0.3, 0.4) is 0 Å². The predicted octanol–water partition coefficient (Wildman–Crippen LogP) is 5.50. The Morgan fingerprint density at radius 1 is 1.00 bits per heavy atom. The molecule has 0 bridgehead atoms. The SMILES string of the molecule is CCCC1=C(c2ccccc2)c2cccc(Cl)c2C1. The molecule has 0 amide bonds. The van der Waals surface area contributed by atoms with Crippen LogP contribution in [-0.2, 0) is 6.42 Å². The first-order chi connectivity index (χ1) is 9.31. The molecule has 0 atom stereocenters. The number of hydrogen-bond acceptors (Lipinski definition) is 0. The second kappa shape index (κ2) is 5.22. The van der Waals surface area contributed by atoms with Crippen LogP contribution in [0.4, 0.5) is 0 Å². The fourth-order valence-corrected chi connectivity index (χ4v) is 3.19. The first-order valence-corrected chi connectivity index (χ1v) is 7.24. The van der Waals surface area contributed by atoms with E-state index < -0.39 is 0 Å². The molecule has 0 N–H and O–H groups in total. The third-order valence-corrected chi connectivity index (χ3v) is 4.10. The maximum Gasteiger partial charge on any atom is 0.0447 e. The van der Waals surface area contributed by atoms with Crippen molar-refractivity contribution in [2.45, 2.75) is 26.2 Å². The van der Waals surface area contributed by atoms with Crippen molar-refractivity contribution in [3.63, 3.8) is 0 Å². The van der Waals surface area contributed by atoms with E-state index in [1.54, 1.807) is 0 Å². The third kappa shape index (κ3) is 2.21. The standard InChI is InChI=1S/C18H17Cl/c1-2-7-14-12-16-15(10-6-11-17(16)19)18(14)13-8-4-3-5-9-13/h3-6,8-11H,2,7,12H2,1H3. The quantitative estimate of drug-likeness (QED) is 0.690. The molecule has 2 aromatic carbocycles. The maximum absolute atomic E-state index is 6.36. The predicted molar refractivity (Wildman–Crippen MR) is 82.5 cm³/mol. The summed E-state index contributed by atoms with van der Waals surface area (Å²) in [6.07, 6.45) is 3.33. The second-order valence-corrected chi connectivity index (χ2v) is 5.44. The Morgan fingerprint density at radius 3 is 2.53 bits per heavy atom. The Labute approximate surface area is 119 Å². The van der Waals surface area contributed by atoms with E-state index >= 15 is 0 Å². The van der Waals surface area contributed by atoms with Crippen molar-refractivity contribution in [1.82, 2.24) is 0 Å². The lowest BCUT2D eigenvalue weighted by Gasteiger charge is -2.08. The topological polar surface area (TPSA) is 0 Å². The zero-order valence-electron chi connectivity index (χ0n) is 11.1. The van der Waals surface area contributed by atoms with Crippen LogP contribution in [0.1, 0.15) is 36.5 Å². The summed E-state index contributed by atoms with van der Waals surface area (Å²) in [4.78, 5) is 0. The largest absolute Gasteiger partial charge is 0.0840 e. The van der Waals surface area contributed by atoms with Crippen LogP contribution < -0.4 is 0 Å². The first kappa shape index (κ1) is 12.5. The van der Waals surface area contributed by atoms with Crippen molar-refractivity contribution in [2.75, 3.05) is 0 Å². The van der Waals surface area contributed by atoms with Crippen molar-refractivity contribution in [1.29, 1.82) is 0 Å². The molecular weight excluding hydrogens is 252 g/mol. The van der Waals surface area contributed by atoms with Gasteiger partial charge in [0, 0.05) is 5.02 Å². The zero-order valence-corrected chi connectivity index (χ0v) is 11.9. The molecule has 0 nitrogen and oxygen atoms in total. The van der Waals surface area contributed by atoms with Crippen molar-refractivity contribution < 1.29 is 0 Å². The molecule has 0 aromatic heterocycles. The van der Waals surface area contributed by atoms with E-state index in [2.05, 4.69) is 49.4 Å². The van der Waals surface area contributed by atoms with E-state index in [1.165, 1.54) is 34.3 Å². The van der Waals surface area contributed by atoms with Gasteiger partial charge in [-0.25, -0.2) is 0 Å². The minimum absolute atomic E-state index is 0.900. The molecular formula is C18H17Cl. The van der Waals surface area contributed by atoms with E-state index in [-0.39, 0.29) is 0 Å². The first-order valence-electron chi connectivity index (χ1n) is 6.86. The Hall–Kier alpha value is -1.53. The summed E-state index contributed by atoms with van der Waals surface area (Å²) in [5.74, 6) is 0. The highest BCUT2D eigenvalue weighted by Crippen LogP contribution is 2.41. The number of allylic oxidation sites excluding steroid dienone is 1. The molecule has 1 aliphatic rings. The summed E-state index contributed by atoms with van der Waals surface area (Å²) in [5.41, 5.74) is 6.86. The number of halogens is 1. The average molecular weight is 269 g/mol. The van der Waals surface area contributed by atoms with Gasteiger partial charge in [-0.2, -0.15) is 0 Å². The second-order valence-electron chi connectivity index (χ2n) is 5.04. The maximum atomic E-state index is 6.36. The number of benzene rings is 2. The molecule has 0 aliphatic heterocycles. The van der Waals surface area contributed by atoms with Crippen LogP contribution in [0.5, 0.6) is 0 Å². The molecule has 3 rings (SSSR count). The highest BCUT2D eigenvalue weighted by molar-refractivity contribution is 6.31. The molecule has 96 valence electrons. The normalized spacial score (nSPS) is 13.8. The fraction of sp³-hybridized carbons (Fsp3) is 0.222. The number of rotatable bonds is 3. The zero-order chi connectivity index (χ0) is 13.2. The fourth-order valence-electron chi connectivity index (χ4n) is 2.94. The number of fused-ring (bicyclic) bond motifs is 1. The Balaban J connectivity index is 2.17. The van der Waals surface area contributed by atoms with E-state index in [4.69, 9.17) is 11.6 Å². The summed E-state index contributed by atoms with van der Waals surface area (Å²) in [5, 5.41) is 0.900. The summed E-state index contributed by atoms with van der Waals surface area (Å²) >= 11 is 6.36. The molecule has 0 heterocycles. The molecule has 19 heavy (non-hydrogen) atoms. The molecule has 0 spiro atoms. The van der Waals surface area contributed by atoms with E-state index in [0.29, 0.717) is 0 Å². The molecule has 0 unspecified atom stereocenters. The van der Waals surface area contributed by atoms with Crippen LogP contribution in [0.2, 0.25) is 5.02 Å². The summed E-state index contributed by atoms with van der Waals surface area (Å²) in [6.45, 7) is 2.24. The third-order valence-electron chi connectivity index (χ3n) is 3.75. The molecule has 0 saturated carbocycles. The van der Waals surface area contributed by atoms with E-state index in [1.807, 2.05) is 6.07 Å². The van der Waals surface area contributed by atoms with Gasteiger partial charge < -0.3 is 0 Å². The Kier molecular flexibility index (Phi) is 3.44. The van der Waals surface area contributed by atoms with Gasteiger partial charge in [0.2, 0.25) is 0 Å². The van der Waals surface area contributed by atoms with Crippen molar-refractivity contribution in [3.8, 4) is 0 Å². The van der Waals surface area contributed by atoms with Gasteiger partial charge in [-0.15, -0.1) is 0 Å². The van der Waals surface area contributed by atoms with Crippen LogP contribution >= 0.6 is 11.6 Å². The molecule has 2 aromatic rings. The minimum atomic E-state index is 0.900. The summed E-state index contributed by atoms with van der Waals surface area (Å²) in [6, 6.07) is 16.9. The molecule has 0 fully saturated rings. The molecule has 0 radical (unpaired) electrons. The van der Waals surface area contributed by atoms with Crippen LogP contribution in [0.15, 0.2) is 54.1 Å². The van der Waals surface area contributed by atoms with Crippen LogP contribution in [-0.4, -0.2) is 0 Å². The highest BCUT2D eigenvalue weighted by Gasteiger charge is 2.23.